The van der Waals surface area contributed by atoms with Crippen LogP contribution in [0.1, 0.15) is 10.5 Å². The van der Waals surface area contributed by atoms with E-state index in [2.05, 4.69) is 42.2 Å². The standard InChI is InChI=1S/C13H10Br2N2O2/c1-19-9-3-4-10(15)12(6-9)17-13(18)11-5-2-8(14)7-16-11/h2-7H,1H3,(H,17,18). The van der Waals surface area contributed by atoms with Gasteiger partial charge in [0.1, 0.15) is 11.4 Å². The maximum absolute atomic E-state index is 12.0. The Bertz CT molecular complexity index is 600. The highest BCUT2D eigenvalue weighted by Gasteiger charge is 2.10. The Balaban J connectivity index is 2.21. The number of hydrogen-bond acceptors (Lipinski definition) is 3. The number of benzene rings is 1. The van der Waals surface area contributed by atoms with Crippen molar-refractivity contribution < 1.29 is 9.53 Å². The third-order valence-corrected chi connectivity index (χ3v) is 3.54. The second-order valence-corrected chi connectivity index (χ2v) is 5.43. The van der Waals surface area contributed by atoms with E-state index in [1.54, 1.807) is 37.6 Å². The number of ether oxygens (including phenoxy) is 1. The van der Waals surface area contributed by atoms with E-state index in [-0.39, 0.29) is 5.91 Å². The summed E-state index contributed by atoms with van der Waals surface area (Å²) in [4.78, 5) is 16.1. The number of pyridine rings is 1. The van der Waals surface area contributed by atoms with Crippen molar-refractivity contribution in [3.05, 3.63) is 51.2 Å². The minimum atomic E-state index is -0.276. The zero-order valence-electron chi connectivity index (χ0n) is 9.98. The Labute approximate surface area is 127 Å². The van der Waals surface area contributed by atoms with Gasteiger partial charge in [0.2, 0.25) is 0 Å². The van der Waals surface area contributed by atoms with Crippen LogP contribution < -0.4 is 10.1 Å². The van der Waals surface area contributed by atoms with Crippen LogP contribution in [0, 0.1) is 0 Å². The topological polar surface area (TPSA) is 51.2 Å². The van der Waals surface area contributed by atoms with Gasteiger partial charge < -0.3 is 10.1 Å². The number of carbonyl (C=O) groups is 1. The molecule has 0 radical (unpaired) electrons. The van der Waals surface area contributed by atoms with E-state index >= 15 is 0 Å². The lowest BCUT2D eigenvalue weighted by molar-refractivity contribution is 0.102. The Kier molecular flexibility index (Phi) is 4.55. The first-order valence-corrected chi connectivity index (χ1v) is 6.95. The molecule has 1 N–H and O–H groups in total. The Morgan fingerprint density at radius 2 is 2.05 bits per heavy atom. The Morgan fingerprint density at radius 1 is 1.26 bits per heavy atom. The van der Waals surface area contributed by atoms with Crippen molar-refractivity contribution >= 4 is 43.5 Å². The maximum Gasteiger partial charge on any atom is 0.274 e. The first-order valence-electron chi connectivity index (χ1n) is 5.36. The molecule has 0 saturated heterocycles. The Morgan fingerprint density at radius 3 is 2.68 bits per heavy atom. The molecule has 1 amide bonds. The summed E-state index contributed by atoms with van der Waals surface area (Å²) >= 11 is 6.65. The van der Waals surface area contributed by atoms with Gasteiger partial charge in [-0.2, -0.15) is 0 Å². The molecular formula is C13H10Br2N2O2. The average Bonchev–Trinajstić information content (AvgIpc) is 2.42. The van der Waals surface area contributed by atoms with Crippen molar-refractivity contribution in [1.29, 1.82) is 0 Å². The van der Waals surface area contributed by atoms with Crippen LogP contribution in [0.3, 0.4) is 0 Å². The normalized spacial score (nSPS) is 10.1. The molecule has 1 heterocycles. The molecule has 98 valence electrons. The molecule has 0 atom stereocenters. The fourth-order valence-electron chi connectivity index (χ4n) is 1.42. The highest BCUT2D eigenvalue weighted by molar-refractivity contribution is 9.10. The van der Waals surface area contributed by atoms with Gasteiger partial charge in [-0.25, -0.2) is 4.98 Å². The maximum atomic E-state index is 12.0. The molecule has 0 aliphatic rings. The second kappa shape index (κ2) is 6.16. The molecule has 1 aromatic heterocycles. The number of nitrogens with zero attached hydrogens (tertiary/aromatic N) is 1. The van der Waals surface area contributed by atoms with E-state index in [0.717, 1.165) is 8.95 Å². The number of anilines is 1. The van der Waals surface area contributed by atoms with Crippen molar-refractivity contribution in [3.8, 4) is 5.75 Å². The van der Waals surface area contributed by atoms with Gasteiger partial charge in [-0.15, -0.1) is 0 Å². The largest absolute Gasteiger partial charge is 0.497 e. The van der Waals surface area contributed by atoms with Crippen LogP contribution >= 0.6 is 31.9 Å². The van der Waals surface area contributed by atoms with E-state index < -0.39 is 0 Å². The van der Waals surface area contributed by atoms with Gasteiger partial charge >= 0.3 is 0 Å². The third kappa shape index (κ3) is 3.54. The summed E-state index contributed by atoms with van der Waals surface area (Å²) in [7, 11) is 1.57. The van der Waals surface area contributed by atoms with Crippen molar-refractivity contribution in [3.63, 3.8) is 0 Å². The number of halogens is 2. The molecule has 0 fully saturated rings. The van der Waals surface area contributed by atoms with Gasteiger partial charge in [0, 0.05) is 21.2 Å². The molecule has 2 rings (SSSR count). The van der Waals surface area contributed by atoms with E-state index in [4.69, 9.17) is 4.74 Å². The smallest absolute Gasteiger partial charge is 0.274 e. The quantitative estimate of drug-likeness (QED) is 0.872. The average molecular weight is 386 g/mol. The van der Waals surface area contributed by atoms with E-state index in [1.165, 1.54) is 0 Å². The number of aromatic nitrogens is 1. The lowest BCUT2D eigenvalue weighted by atomic mass is 10.2. The Hall–Kier alpha value is -1.40. The second-order valence-electron chi connectivity index (χ2n) is 3.66. The summed E-state index contributed by atoms with van der Waals surface area (Å²) in [6.45, 7) is 0. The van der Waals surface area contributed by atoms with E-state index in [0.29, 0.717) is 17.1 Å². The zero-order valence-corrected chi connectivity index (χ0v) is 13.2. The molecule has 6 heteroatoms. The van der Waals surface area contributed by atoms with Gasteiger partial charge in [-0.3, -0.25) is 4.79 Å². The SMILES string of the molecule is COc1ccc(Br)c(NC(=O)c2ccc(Br)cn2)c1. The van der Waals surface area contributed by atoms with Crippen molar-refractivity contribution in [2.45, 2.75) is 0 Å². The van der Waals surface area contributed by atoms with Crippen LogP contribution in [0.15, 0.2) is 45.5 Å². The zero-order chi connectivity index (χ0) is 13.8. The summed E-state index contributed by atoms with van der Waals surface area (Å²) in [5.41, 5.74) is 0.979. The highest BCUT2D eigenvalue weighted by Crippen LogP contribution is 2.27. The molecule has 2 aromatic rings. The van der Waals surface area contributed by atoms with Gasteiger partial charge in [-0.05, 0) is 56.1 Å². The van der Waals surface area contributed by atoms with Gasteiger partial charge in [0.15, 0.2) is 0 Å². The van der Waals surface area contributed by atoms with Crippen LogP contribution in [0.4, 0.5) is 5.69 Å². The number of nitrogens with one attached hydrogen (secondary N) is 1. The van der Waals surface area contributed by atoms with Gasteiger partial charge in [0.05, 0.1) is 12.8 Å². The fourth-order valence-corrected chi connectivity index (χ4v) is 2.00. The molecule has 0 spiro atoms. The first-order chi connectivity index (χ1) is 9.10. The summed E-state index contributed by atoms with van der Waals surface area (Å²) in [6, 6.07) is 8.76. The van der Waals surface area contributed by atoms with Crippen molar-refractivity contribution in [2.75, 3.05) is 12.4 Å². The summed E-state index contributed by atoms with van der Waals surface area (Å²) in [6.07, 6.45) is 1.58. The fraction of sp³-hybridized carbons (Fsp3) is 0.0769. The predicted molar refractivity (Wildman–Crippen MR) is 80.6 cm³/mol. The van der Waals surface area contributed by atoms with Crippen LogP contribution in [0.25, 0.3) is 0 Å². The van der Waals surface area contributed by atoms with Crippen LogP contribution in [0.5, 0.6) is 5.75 Å². The van der Waals surface area contributed by atoms with Crippen LogP contribution in [-0.2, 0) is 0 Å². The lowest BCUT2D eigenvalue weighted by Gasteiger charge is -2.09. The predicted octanol–water partition coefficient (Wildman–Crippen LogP) is 3.87. The van der Waals surface area contributed by atoms with E-state index in [1.807, 2.05) is 6.07 Å². The third-order valence-electron chi connectivity index (χ3n) is 2.38. The minimum Gasteiger partial charge on any atom is -0.497 e. The number of rotatable bonds is 3. The molecule has 19 heavy (non-hydrogen) atoms. The minimum absolute atomic E-state index is 0.276. The highest BCUT2D eigenvalue weighted by atomic mass is 79.9. The molecule has 0 aliphatic heterocycles. The molecule has 0 bridgehead atoms. The summed E-state index contributed by atoms with van der Waals surface area (Å²) in [5.74, 6) is 0.392. The number of hydrogen-bond donors (Lipinski definition) is 1. The molecular weight excluding hydrogens is 376 g/mol. The van der Waals surface area contributed by atoms with Crippen molar-refractivity contribution in [2.24, 2.45) is 0 Å². The molecule has 0 aliphatic carbocycles. The molecule has 0 unspecified atom stereocenters. The molecule has 4 nitrogen and oxygen atoms in total. The van der Waals surface area contributed by atoms with Crippen LogP contribution in [0.2, 0.25) is 0 Å². The monoisotopic (exact) mass is 384 g/mol. The number of amides is 1. The van der Waals surface area contributed by atoms with E-state index in [9.17, 15) is 4.79 Å². The van der Waals surface area contributed by atoms with Crippen molar-refractivity contribution in [1.82, 2.24) is 4.98 Å². The van der Waals surface area contributed by atoms with Gasteiger partial charge in [0.25, 0.3) is 5.91 Å². The van der Waals surface area contributed by atoms with Crippen LogP contribution in [-0.4, -0.2) is 18.0 Å². The molecule has 1 aromatic carbocycles. The summed E-state index contributed by atoms with van der Waals surface area (Å²) < 4.78 is 6.72. The first kappa shape index (κ1) is 14.0. The number of carbonyl (C=O) groups excluding carboxylic acids is 1. The van der Waals surface area contributed by atoms with Gasteiger partial charge in [-0.1, -0.05) is 0 Å². The number of methoxy groups -OCH3 is 1. The molecule has 0 saturated carbocycles. The lowest BCUT2D eigenvalue weighted by Crippen LogP contribution is -2.13. The summed E-state index contributed by atoms with van der Waals surface area (Å²) in [5, 5.41) is 2.78.